The maximum absolute atomic E-state index is 11.9. The van der Waals surface area contributed by atoms with Crippen LogP contribution in [-0.4, -0.2) is 36.3 Å². The Morgan fingerprint density at radius 2 is 2.21 bits per heavy atom. The molecule has 3 aliphatic rings. The Balaban J connectivity index is 1.57. The van der Waals surface area contributed by atoms with E-state index in [9.17, 15) is 4.79 Å². The maximum atomic E-state index is 11.9. The van der Waals surface area contributed by atoms with Gasteiger partial charge >= 0.3 is 0 Å². The van der Waals surface area contributed by atoms with Crippen molar-refractivity contribution in [2.45, 2.75) is 32.2 Å². The number of rotatable bonds is 6. The largest absolute Gasteiger partial charge is 0.388 e. The molecule has 1 fully saturated rings. The Bertz CT molecular complexity index is 894. The van der Waals surface area contributed by atoms with Crippen LogP contribution >= 0.6 is 0 Å². The maximum Gasteiger partial charge on any atom is 0.219 e. The van der Waals surface area contributed by atoms with Crippen LogP contribution in [0.25, 0.3) is 0 Å². The SMILES string of the molecule is CC(=O)N1CCC(NCC2CC2)=C(C(N)=Nc2cccc(C3C=CC=CN3)c2)C1. The molecule has 0 saturated heterocycles. The van der Waals surface area contributed by atoms with Gasteiger partial charge in [-0.15, -0.1) is 0 Å². The molecule has 1 aliphatic carbocycles. The molecule has 4 rings (SSSR count). The Kier molecular flexibility index (Phi) is 5.69. The Hall–Kier alpha value is -3.02. The van der Waals surface area contributed by atoms with Gasteiger partial charge in [0.05, 0.1) is 18.3 Å². The molecule has 1 aromatic rings. The molecule has 2 heterocycles. The van der Waals surface area contributed by atoms with Gasteiger partial charge in [-0.1, -0.05) is 24.3 Å². The van der Waals surface area contributed by atoms with Crippen molar-refractivity contribution in [3.8, 4) is 0 Å². The van der Waals surface area contributed by atoms with Gasteiger partial charge in [0.2, 0.25) is 5.91 Å². The molecule has 1 unspecified atom stereocenters. The summed E-state index contributed by atoms with van der Waals surface area (Å²) in [5.74, 6) is 1.33. The minimum absolute atomic E-state index is 0.0711. The number of nitrogens with zero attached hydrogens (tertiary/aromatic N) is 2. The summed E-state index contributed by atoms with van der Waals surface area (Å²) in [5, 5.41) is 6.90. The molecule has 1 aromatic carbocycles. The summed E-state index contributed by atoms with van der Waals surface area (Å²) in [5.41, 5.74) is 10.5. The molecule has 2 aliphatic heterocycles. The Morgan fingerprint density at radius 3 is 2.93 bits per heavy atom. The second kappa shape index (κ2) is 8.55. The first-order valence-electron chi connectivity index (χ1n) is 10.4. The van der Waals surface area contributed by atoms with E-state index in [0.717, 1.165) is 47.9 Å². The zero-order valence-electron chi connectivity index (χ0n) is 16.9. The molecule has 0 aromatic heterocycles. The van der Waals surface area contributed by atoms with Crippen LogP contribution < -0.4 is 16.4 Å². The number of nitrogens with two attached hydrogens (primary N) is 1. The van der Waals surface area contributed by atoms with Gasteiger partial charge in [0, 0.05) is 37.7 Å². The number of nitrogens with one attached hydrogen (secondary N) is 2. The highest BCUT2D eigenvalue weighted by Gasteiger charge is 2.26. The summed E-state index contributed by atoms with van der Waals surface area (Å²) in [6.45, 7) is 3.82. The van der Waals surface area contributed by atoms with Crippen LogP contribution in [0.4, 0.5) is 5.69 Å². The molecular weight excluding hydrogens is 362 g/mol. The van der Waals surface area contributed by atoms with Crippen molar-refractivity contribution in [2.24, 2.45) is 16.6 Å². The molecule has 6 nitrogen and oxygen atoms in total. The van der Waals surface area contributed by atoms with Crippen LogP contribution in [0.15, 0.2) is 65.0 Å². The van der Waals surface area contributed by atoms with E-state index in [-0.39, 0.29) is 11.9 Å². The van der Waals surface area contributed by atoms with Crippen LogP contribution in [0.5, 0.6) is 0 Å². The third-order valence-corrected chi connectivity index (χ3v) is 5.67. The lowest BCUT2D eigenvalue weighted by Gasteiger charge is -2.30. The van der Waals surface area contributed by atoms with E-state index >= 15 is 0 Å². The first-order valence-corrected chi connectivity index (χ1v) is 10.4. The number of amidine groups is 1. The highest BCUT2D eigenvalue weighted by atomic mass is 16.2. The third kappa shape index (κ3) is 4.88. The van der Waals surface area contributed by atoms with E-state index < -0.39 is 0 Å². The fraction of sp³-hybridized carbons (Fsp3) is 0.391. The van der Waals surface area contributed by atoms with E-state index in [1.54, 1.807) is 6.92 Å². The van der Waals surface area contributed by atoms with Crippen molar-refractivity contribution >= 4 is 17.4 Å². The van der Waals surface area contributed by atoms with Crippen LogP contribution in [0.2, 0.25) is 0 Å². The van der Waals surface area contributed by atoms with Crippen molar-refractivity contribution in [2.75, 3.05) is 19.6 Å². The predicted molar refractivity (Wildman–Crippen MR) is 117 cm³/mol. The number of aliphatic imine (C=N–C) groups is 1. The van der Waals surface area contributed by atoms with Gasteiger partial charge in [0.15, 0.2) is 0 Å². The van der Waals surface area contributed by atoms with Crippen LogP contribution in [0.3, 0.4) is 0 Å². The first-order chi connectivity index (χ1) is 14.1. The van der Waals surface area contributed by atoms with E-state index in [0.29, 0.717) is 12.4 Å². The van der Waals surface area contributed by atoms with Gasteiger partial charge in [0.1, 0.15) is 5.84 Å². The Labute approximate surface area is 172 Å². The molecule has 6 heteroatoms. The number of amides is 1. The summed E-state index contributed by atoms with van der Waals surface area (Å²) in [6.07, 6.45) is 11.4. The van der Waals surface area contributed by atoms with Crippen molar-refractivity contribution in [3.63, 3.8) is 0 Å². The molecule has 0 radical (unpaired) electrons. The summed E-state index contributed by atoms with van der Waals surface area (Å²) in [7, 11) is 0. The van der Waals surface area contributed by atoms with Crippen LogP contribution in [-0.2, 0) is 4.79 Å². The number of hydrogen-bond donors (Lipinski definition) is 3. The predicted octanol–water partition coefficient (Wildman–Crippen LogP) is 2.90. The van der Waals surface area contributed by atoms with Gasteiger partial charge < -0.3 is 21.3 Å². The fourth-order valence-electron chi connectivity index (χ4n) is 3.70. The second-order valence-electron chi connectivity index (χ2n) is 7.95. The average molecular weight is 392 g/mol. The minimum Gasteiger partial charge on any atom is -0.388 e. The standard InChI is InChI=1S/C23H29N5O/c1-16(29)28-12-10-22(26-14-17-8-9-17)20(15-28)23(24)27-19-6-4-5-18(13-19)21-7-2-3-11-25-21/h2-7,11,13,17,21,25-26H,8-10,12,14-15H2,1H3,(H2,24,27). The lowest BCUT2D eigenvalue weighted by molar-refractivity contribution is -0.128. The molecule has 1 amide bonds. The van der Waals surface area contributed by atoms with Crippen molar-refractivity contribution < 1.29 is 4.79 Å². The number of carbonyl (C=O) groups is 1. The minimum atomic E-state index is 0.0711. The van der Waals surface area contributed by atoms with E-state index in [1.807, 2.05) is 35.4 Å². The number of hydrogen-bond acceptors (Lipinski definition) is 4. The van der Waals surface area contributed by atoms with E-state index in [1.165, 1.54) is 12.8 Å². The lowest BCUT2D eigenvalue weighted by atomic mass is 10.0. The third-order valence-electron chi connectivity index (χ3n) is 5.67. The zero-order valence-corrected chi connectivity index (χ0v) is 16.9. The average Bonchev–Trinajstić information content (AvgIpc) is 3.57. The molecule has 4 N–H and O–H groups in total. The van der Waals surface area contributed by atoms with Gasteiger partial charge in [-0.05, 0) is 48.7 Å². The number of benzene rings is 1. The molecular formula is C23H29N5O. The normalized spacial score (nSPS) is 21.9. The molecule has 0 spiro atoms. The Morgan fingerprint density at radius 1 is 1.34 bits per heavy atom. The summed E-state index contributed by atoms with van der Waals surface area (Å²) < 4.78 is 0. The lowest BCUT2D eigenvalue weighted by Crippen LogP contribution is -2.41. The summed E-state index contributed by atoms with van der Waals surface area (Å²) in [6, 6.07) is 8.23. The number of dihydropyridines is 1. The van der Waals surface area contributed by atoms with Gasteiger partial charge in [-0.25, -0.2) is 4.99 Å². The van der Waals surface area contributed by atoms with Crippen molar-refractivity contribution in [1.29, 1.82) is 0 Å². The van der Waals surface area contributed by atoms with Gasteiger partial charge in [0.25, 0.3) is 0 Å². The van der Waals surface area contributed by atoms with E-state index in [2.05, 4.69) is 28.8 Å². The van der Waals surface area contributed by atoms with Crippen LogP contribution in [0, 0.1) is 5.92 Å². The second-order valence-corrected chi connectivity index (χ2v) is 7.95. The summed E-state index contributed by atoms with van der Waals surface area (Å²) in [4.78, 5) is 18.5. The molecule has 0 bridgehead atoms. The van der Waals surface area contributed by atoms with Crippen molar-refractivity contribution in [3.05, 3.63) is 65.5 Å². The zero-order chi connectivity index (χ0) is 20.2. The first kappa shape index (κ1) is 19.3. The number of carbonyl (C=O) groups excluding carboxylic acids is 1. The highest BCUT2D eigenvalue weighted by molar-refractivity contribution is 6.00. The molecule has 1 saturated carbocycles. The van der Waals surface area contributed by atoms with E-state index in [4.69, 9.17) is 10.7 Å². The molecule has 1 atom stereocenters. The topological polar surface area (TPSA) is 82.8 Å². The van der Waals surface area contributed by atoms with Gasteiger partial charge in [-0.3, -0.25) is 4.79 Å². The molecule has 152 valence electrons. The monoisotopic (exact) mass is 391 g/mol. The molecule has 29 heavy (non-hydrogen) atoms. The summed E-state index contributed by atoms with van der Waals surface area (Å²) >= 11 is 0. The van der Waals surface area contributed by atoms with Gasteiger partial charge in [-0.2, -0.15) is 0 Å². The van der Waals surface area contributed by atoms with Crippen molar-refractivity contribution in [1.82, 2.24) is 15.5 Å². The van der Waals surface area contributed by atoms with Crippen LogP contribution in [0.1, 0.15) is 37.8 Å². The quantitative estimate of drug-likeness (QED) is 0.514. The highest BCUT2D eigenvalue weighted by Crippen LogP contribution is 2.29. The number of allylic oxidation sites excluding steroid dienone is 2. The fourth-order valence-corrected chi connectivity index (χ4v) is 3.70. The smallest absolute Gasteiger partial charge is 0.219 e.